The number of hydrogen-bond acceptors (Lipinski definition) is 3. The zero-order chi connectivity index (χ0) is 16.2. The number of ether oxygens (including phenoxy) is 1. The van der Waals surface area contributed by atoms with E-state index in [0.29, 0.717) is 17.9 Å². The van der Waals surface area contributed by atoms with Gasteiger partial charge in [0, 0.05) is 25.7 Å². The molecular weight excluding hydrogens is 276 g/mol. The summed E-state index contributed by atoms with van der Waals surface area (Å²) in [7, 11) is 0. The summed E-state index contributed by atoms with van der Waals surface area (Å²) in [6.45, 7) is 12.2. The van der Waals surface area contributed by atoms with Crippen molar-refractivity contribution in [3.8, 4) is 0 Å². The van der Waals surface area contributed by atoms with Crippen LogP contribution in [0.3, 0.4) is 0 Å². The van der Waals surface area contributed by atoms with E-state index in [1.165, 1.54) is 25.7 Å². The number of rotatable bonds is 10. The number of unbranched alkanes of at least 4 members (excludes halogenated alkanes) is 3. The topological polar surface area (TPSA) is 62.9 Å². The maximum absolute atomic E-state index is 5.99. The fourth-order valence-electron chi connectivity index (χ4n) is 2.85. The Labute approximate surface area is 136 Å². The number of morpholine rings is 1. The summed E-state index contributed by atoms with van der Waals surface area (Å²) in [5.41, 5.74) is 5.99. The van der Waals surface area contributed by atoms with Gasteiger partial charge >= 0.3 is 0 Å². The third-order valence-corrected chi connectivity index (χ3v) is 4.11. The monoisotopic (exact) mass is 312 g/mol. The van der Waals surface area contributed by atoms with Gasteiger partial charge in [0.25, 0.3) is 0 Å². The van der Waals surface area contributed by atoms with Crippen molar-refractivity contribution in [3.63, 3.8) is 0 Å². The summed E-state index contributed by atoms with van der Waals surface area (Å²) in [5, 5.41) is 3.24. The van der Waals surface area contributed by atoms with Crippen LogP contribution in [0.4, 0.5) is 0 Å². The molecule has 1 atom stereocenters. The quantitative estimate of drug-likeness (QED) is 0.369. The fourth-order valence-corrected chi connectivity index (χ4v) is 2.85. The molecule has 22 heavy (non-hydrogen) atoms. The van der Waals surface area contributed by atoms with Crippen LogP contribution < -0.4 is 11.1 Å². The number of nitrogens with zero attached hydrogens (tertiary/aromatic N) is 2. The van der Waals surface area contributed by atoms with Crippen molar-refractivity contribution in [1.29, 1.82) is 0 Å². The van der Waals surface area contributed by atoms with Gasteiger partial charge in [-0.05, 0) is 18.8 Å². The Hall–Kier alpha value is -0.810. The SMILES string of the molecule is CCCCCCNC(N)=NCC(CC(C)C)N1CCOCC1. The van der Waals surface area contributed by atoms with Gasteiger partial charge in [-0.3, -0.25) is 9.89 Å². The first kappa shape index (κ1) is 19.2. The molecule has 0 aromatic heterocycles. The van der Waals surface area contributed by atoms with Crippen molar-refractivity contribution in [2.24, 2.45) is 16.6 Å². The van der Waals surface area contributed by atoms with E-state index in [0.717, 1.165) is 45.8 Å². The molecule has 0 bridgehead atoms. The van der Waals surface area contributed by atoms with Gasteiger partial charge in [0.1, 0.15) is 0 Å². The van der Waals surface area contributed by atoms with Crippen LogP contribution in [0.5, 0.6) is 0 Å². The molecule has 5 nitrogen and oxygen atoms in total. The van der Waals surface area contributed by atoms with E-state index in [4.69, 9.17) is 10.5 Å². The van der Waals surface area contributed by atoms with Crippen LogP contribution >= 0.6 is 0 Å². The Morgan fingerprint density at radius 2 is 1.95 bits per heavy atom. The first-order valence-electron chi connectivity index (χ1n) is 8.99. The number of guanidine groups is 1. The molecule has 130 valence electrons. The Balaban J connectivity index is 2.34. The highest BCUT2D eigenvalue weighted by atomic mass is 16.5. The summed E-state index contributed by atoms with van der Waals surface area (Å²) in [4.78, 5) is 7.07. The zero-order valence-electron chi connectivity index (χ0n) is 14.8. The van der Waals surface area contributed by atoms with Crippen LogP contribution in [0.2, 0.25) is 0 Å². The van der Waals surface area contributed by atoms with Crippen LogP contribution in [0.25, 0.3) is 0 Å². The van der Waals surface area contributed by atoms with Crippen LogP contribution in [-0.4, -0.2) is 56.3 Å². The first-order chi connectivity index (χ1) is 10.6. The second kappa shape index (κ2) is 11.7. The van der Waals surface area contributed by atoms with Crippen molar-refractivity contribution in [2.45, 2.75) is 58.9 Å². The average molecular weight is 313 g/mol. The molecule has 1 aliphatic rings. The molecule has 0 radical (unpaired) electrons. The van der Waals surface area contributed by atoms with Gasteiger partial charge in [0.15, 0.2) is 5.96 Å². The van der Waals surface area contributed by atoms with Crippen molar-refractivity contribution >= 4 is 5.96 Å². The van der Waals surface area contributed by atoms with Crippen molar-refractivity contribution in [2.75, 3.05) is 39.4 Å². The van der Waals surface area contributed by atoms with Crippen LogP contribution in [0.15, 0.2) is 4.99 Å². The van der Waals surface area contributed by atoms with Gasteiger partial charge in [0.05, 0.1) is 19.8 Å². The second-order valence-electron chi connectivity index (χ2n) is 6.65. The van der Waals surface area contributed by atoms with E-state index in [2.05, 4.69) is 36.0 Å². The Bertz CT molecular complexity index is 301. The van der Waals surface area contributed by atoms with E-state index < -0.39 is 0 Å². The largest absolute Gasteiger partial charge is 0.379 e. The predicted octanol–water partition coefficient (Wildman–Crippen LogP) is 2.22. The lowest BCUT2D eigenvalue weighted by molar-refractivity contribution is 0.0143. The molecule has 1 saturated heterocycles. The molecule has 3 N–H and O–H groups in total. The van der Waals surface area contributed by atoms with Crippen molar-refractivity contribution in [3.05, 3.63) is 0 Å². The van der Waals surface area contributed by atoms with Crippen LogP contribution in [0.1, 0.15) is 52.9 Å². The minimum atomic E-state index is 0.476. The van der Waals surface area contributed by atoms with E-state index >= 15 is 0 Å². The Morgan fingerprint density at radius 3 is 2.59 bits per heavy atom. The minimum Gasteiger partial charge on any atom is -0.379 e. The van der Waals surface area contributed by atoms with Gasteiger partial charge in [-0.15, -0.1) is 0 Å². The number of nitrogens with one attached hydrogen (secondary N) is 1. The number of nitrogens with two attached hydrogens (primary N) is 1. The predicted molar refractivity (Wildman–Crippen MR) is 94.3 cm³/mol. The molecule has 0 aromatic rings. The highest BCUT2D eigenvalue weighted by molar-refractivity contribution is 5.77. The molecule has 5 heteroatoms. The second-order valence-corrected chi connectivity index (χ2v) is 6.65. The van der Waals surface area contributed by atoms with Crippen molar-refractivity contribution < 1.29 is 4.74 Å². The van der Waals surface area contributed by atoms with E-state index in [-0.39, 0.29) is 0 Å². The molecule has 1 heterocycles. The van der Waals surface area contributed by atoms with Gasteiger partial charge in [-0.25, -0.2) is 0 Å². The highest BCUT2D eigenvalue weighted by Gasteiger charge is 2.21. The Kier molecular flexibility index (Phi) is 10.2. The third-order valence-electron chi connectivity index (χ3n) is 4.11. The third kappa shape index (κ3) is 8.59. The van der Waals surface area contributed by atoms with E-state index in [1.807, 2.05) is 0 Å². The molecule has 0 aliphatic carbocycles. The lowest BCUT2D eigenvalue weighted by Gasteiger charge is -2.34. The average Bonchev–Trinajstić information content (AvgIpc) is 2.51. The molecular formula is C17H36N4O. The Morgan fingerprint density at radius 1 is 1.23 bits per heavy atom. The molecule has 0 aromatic carbocycles. The van der Waals surface area contributed by atoms with E-state index in [1.54, 1.807) is 0 Å². The molecule has 1 rings (SSSR count). The number of hydrogen-bond donors (Lipinski definition) is 2. The molecule has 0 saturated carbocycles. The van der Waals surface area contributed by atoms with E-state index in [9.17, 15) is 0 Å². The maximum atomic E-state index is 5.99. The molecule has 1 aliphatic heterocycles. The lowest BCUT2D eigenvalue weighted by atomic mass is 10.0. The van der Waals surface area contributed by atoms with Crippen LogP contribution in [-0.2, 0) is 4.74 Å². The highest BCUT2D eigenvalue weighted by Crippen LogP contribution is 2.13. The zero-order valence-corrected chi connectivity index (χ0v) is 14.8. The fraction of sp³-hybridized carbons (Fsp3) is 0.941. The van der Waals surface area contributed by atoms with Crippen molar-refractivity contribution in [1.82, 2.24) is 10.2 Å². The summed E-state index contributed by atoms with van der Waals surface area (Å²) in [5.74, 6) is 1.27. The molecule has 1 fully saturated rings. The molecule has 1 unspecified atom stereocenters. The summed E-state index contributed by atoms with van der Waals surface area (Å²) in [6, 6.07) is 0.476. The van der Waals surface area contributed by atoms with Crippen LogP contribution in [0, 0.1) is 5.92 Å². The summed E-state index contributed by atoms with van der Waals surface area (Å²) < 4.78 is 5.45. The lowest BCUT2D eigenvalue weighted by Crippen LogP contribution is -2.46. The van der Waals surface area contributed by atoms with Gasteiger partial charge in [-0.1, -0.05) is 40.0 Å². The minimum absolute atomic E-state index is 0.476. The molecule has 0 spiro atoms. The normalized spacial score (nSPS) is 18.6. The van der Waals surface area contributed by atoms with Gasteiger partial charge in [-0.2, -0.15) is 0 Å². The van der Waals surface area contributed by atoms with Gasteiger partial charge < -0.3 is 15.8 Å². The first-order valence-corrected chi connectivity index (χ1v) is 8.99. The maximum Gasteiger partial charge on any atom is 0.188 e. The smallest absolute Gasteiger partial charge is 0.188 e. The van der Waals surface area contributed by atoms with Gasteiger partial charge in [0.2, 0.25) is 0 Å². The summed E-state index contributed by atoms with van der Waals surface area (Å²) >= 11 is 0. The standard InChI is InChI=1S/C17H36N4O/c1-4-5-6-7-8-19-17(18)20-14-16(13-15(2)3)21-9-11-22-12-10-21/h15-16H,4-14H2,1-3H3,(H3,18,19,20). The summed E-state index contributed by atoms with van der Waals surface area (Å²) in [6.07, 6.45) is 6.16. The molecule has 0 amide bonds. The number of aliphatic imine (C=N–C) groups is 1.